The Bertz CT molecular complexity index is 4100. The van der Waals surface area contributed by atoms with Crippen molar-refractivity contribution in [2.45, 2.75) is 40.4 Å². The van der Waals surface area contributed by atoms with Crippen LogP contribution in [0.1, 0.15) is 68.5 Å². The maximum absolute atomic E-state index is 11.6. The van der Waals surface area contributed by atoms with Crippen LogP contribution in [0.25, 0.3) is 0 Å². The summed E-state index contributed by atoms with van der Waals surface area (Å²) >= 11 is 26.5. The number of carboxylic acids is 1. The normalized spacial score (nSPS) is 10.8. The van der Waals surface area contributed by atoms with Crippen LogP contribution >= 0.6 is 58.0 Å². The molecule has 5 heterocycles. The van der Waals surface area contributed by atoms with Gasteiger partial charge in [-0.1, -0.05) is 49.6 Å². The molecule has 0 saturated heterocycles. The van der Waals surface area contributed by atoms with Gasteiger partial charge in [0.25, 0.3) is 0 Å². The molecule has 0 amide bonds. The summed E-state index contributed by atoms with van der Waals surface area (Å²) in [5.41, 5.74) is 16.7. The number of carbonyl (C=O) groups excluding carboxylic acids is 2. The number of anilines is 7. The van der Waals surface area contributed by atoms with Gasteiger partial charge in [-0.05, 0) is 156 Å². The van der Waals surface area contributed by atoms with Gasteiger partial charge in [-0.25, -0.2) is 14.4 Å². The van der Waals surface area contributed by atoms with Crippen molar-refractivity contribution in [1.82, 2.24) is 44.9 Å². The molecule has 35 heteroatoms. The smallest absolute Gasteiger partial charge is 0.341 e. The number of esters is 2. The molecule has 6 aromatic carbocycles. The van der Waals surface area contributed by atoms with E-state index in [2.05, 4.69) is 88.8 Å². The Morgan fingerprint density at radius 3 is 1.64 bits per heavy atom. The Hall–Kier alpha value is -11.0. The lowest BCUT2D eigenvalue weighted by Crippen LogP contribution is -2.12. The van der Waals surface area contributed by atoms with E-state index in [9.17, 15) is 34.8 Å². The predicted molar refractivity (Wildman–Crippen MR) is 389 cm³/mol. The predicted octanol–water partition coefficient (Wildman–Crippen LogP) is 11.9. The molecule has 0 radical (unpaired) electrons. The number of nitrogens with two attached hydrogens (primary N) is 2. The number of halogens is 5. The highest BCUT2D eigenvalue weighted by atomic mass is 35.5. The van der Waals surface area contributed by atoms with Crippen LogP contribution in [0.3, 0.4) is 0 Å². The Balaban J connectivity index is 0.000000287. The molecule has 0 atom stereocenters. The molecule has 0 fully saturated rings. The van der Waals surface area contributed by atoms with E-state index in [0.29, 0.717) is 78.9 Å². The summed E-state index contributed by atoms with van der Waals surface area (Å²) in [6.45, 7) is 15.6. The van der Waals surface area contributed by atoms with Gasteiger partial charge < -0.3 is 91.8 Å². The Labute approximate surface area is 611 Å². The van der Waals surface area contributed by atoms with E-state index in [1.165, 1.54) is 50.6 Å². The van der Waals surface area contributed by atoms with E-state index < -0.39 is 17.9 Å². The third-order valence-corrected chi connectivity index (χ3v) is 13.3. The topological polar surface area (TPSA) is 444 Å². The Kier molecular flexibility index (Phi) is 36.7. The zero-order valence-electron chi connectivity index (χ0n) is 55.5. The van der Waals surface area contributed by atoms with E-state index in [4.69, 9.17) is 98.6 Å². The minimum Gasteiger partial charge on any atom is -0.508 e. The number of rotatable bonds is 15. The number of nitrogen functional groups attached to an aromatic ring is 1. The van der Waals surface area contributed by atoms with Gasteiger partial charge in [-0.15, -0.1) is 23.2 Å². The molecular formula is C67H74Cl5N15O15. The van der Waals surface area contributed by atoms with E-state index in [0.717, 1.165) is 22.3 Å². The minimum atomic E-state index is -1.11. The lowest BCUT2D eigenvalue weighted by atomic mass is 10.2. The van der Waals surface area contributed by atoms with Crippen LogP contribution in [0.2, 0.25) is 15.9 Å². The van der Waals surface area contributed by atoms with Gasteiger partial charge in [-0.2, -0.15) is 44.9 Å². The number of ether oxygens (including phenoxy) is 6. The highest BCUT2D eigenvalue weighted by Crippen LogP contribution is 2.29. The second-order valence-corrected chi connectivity index (χ2v) is 21.4. The SMILES string of the molecule is C=C(CCl)CCl.C=C1COc2ccc(cc2)CNc2nc(nc(OCC)n2)Nc2ccc(C(=O)O)c(c2)OC1.CCO.CCOc1nc(NCc2ccc(O)cc2)nc(Nc2ccc(C(=O)OC)c(O)c2)n1.COC(=O)c1ccc(N)cc1O.Clc1nc(Cl)nc(Cl)n1.NCc1ccc(O)cc1. The van der Waals surface area contributed by atoms with Gasteiger partial charge in [0.1, 0.15) is 64.4 Å². The molecule has 0 unspecified atom stereocenters. The first-order valence-corrected chi connectivity index (χ1v) is 32.2. The number of hydrogen-bond acceptors (Lipinski definition) is 29. The van der Waals surface area contributed by atoms with Crippen molar-refractivity contribution in [3.05, 3.63) is 201 Å². The number of alkyl halides is 2. The minimum absolute atomic E-state index is 0.000000000000000444. The molecule has 0 spiro atoms. The maximum Gasteiger partial charge on any atom is 0.341 e. The number of methoxy groups -OCH3 is 2. The quantitative estimate of drug-likeness (QED) is 0.0196. The van der Waals surface area contributed by atoms with E-state index in [-0.39, 0.29) is 111 Å². The number of carbonyl (C=O) groups is 3. The summed E-state index contributed by atoms with van der Waals surface area (Å²) in [5, 5.41) is 66.8. The monoisotopic (exact) mass is 1500 g/mol. The molecule has 11 rings (SSSR count). The molecule has 2 aliphatic heterocycles. The summed E-state index contributed by atoms with van der Waals surface area (Å²) in [5.74, 6) is 0.578. The van der Waals surface area contributed by atoms with Crippen LogP contribution in [0.15, 0.2) is 152 Å². The van der Waals surface area contributed by atoms with Gasteiger partial charge in [-0.3, -0.25) is 0 Å². The summed E-state index contributed by atoms with van der Waals surface area (Å²) in [4.78, 5) is 70.2. The number of aromatic carboxylic acids is 1. The molecule has 6 bridgehead atoms. The van der Waals surface area contributed by atoms with E-state index in [1.807, 2.05) is 38.1 Å². The average Bonchev–Trinajstić information content (AvgIpc) is 0.836. The molecule has 2 aliphatic rings. The fraction of sp³-hybridized carbons (Fsp3) is 0.224. The molecular weight excluding hydrogens is 1430 g/mol. The zero-order chi connectivity index (χ0) is 75.1. The number of carboxylic acid groups (broad SMARTS) is 1. The number of aliphatic hydroxyl groups excluding tert-OH is 1. The number of fused-ring (bicyclic) bond motifs is 7. The lowest BCUT2D eigenvalue weighted by Gasteiger charge is -2.15. The van der Waals surface area contributed by atoms with Crippen molar-refractivity contribution in [3.63, 3.8) is 0 Å². The third kappa shape index (κ3) is 30.6. The third-order valence-electron chi connectivity index (χ3n) is 12.1. The number of phenols is 4. The van der Waals surface area contributed by atoms with Crippen LogP contribution in [0.5, 0.6) is 46.5 Å². The molecule has 0 saturated carbocycles. The number of nitrogens with one attached hydrogen (secondary N) is 4. The maximum atomic E-state index is 11.6. The van der Waals surface area contributed by atoms with Crippen LogP contribution in [-0.2, 0) is 29.1 Å². The first-order valence-electron chi connectivity index (χ1n) is 30.0. The fourth-order valence-corrected chi connectivity index (χ4v) is 8.20. The molecule has 14 N–H and O–H groups in total. The zero-order valence-corrected chi connectivity index (χ0v) is 59.3. The summed E-state index contributed by atoms with van der Waals surface area (Å²) < 4.78 is 31.4. The number of hydrogen-bond donors (Lipinski definition) is 12. The number of benzene rings is 6. The van der Waals surface area contributed by atoms with Gasteiger partial charge in [0, 0.05) is 73.3 Å². The van der Waals surface area contributed by atoms with Crippen molar-refractivity contribution < 1.29 is 73.4 Å². The lowest BCUT2D eigenvalue weighted by molar-refractivity contribution is 0.0588. The summed E-state index contributed by atoms with van der Waals surface area (Å²) in [7, 11) is 2.48. The van der Waals surface area contributed by atoms with Gasteiger partial charge >= 0.3 is 29.9 Å². The number of phenolic OH excluding ortho intramolecular Hbond substituents is 4. The van der Waals surface area contributed by atoms with Crippen LogP contribution in [-0.4, -0.2) is 152 Å². The van der Waals surface area contributed by atoms with Crippen molar-refractivity contribution in [2.24, 2.45) is 5.73 Å². The largest absolute Gasteiger partial charge is 0.508 e. The Morgan fingerprint density at radius 2 is 1.13 bits per heavy atom. The van der Waals surface area contributed by atoms with Crippen molar-refractivity contribution in [1.29, 1.82) is 0 Å². The highest BCUT2D eigenvalue weighted by molar-refractivity contribution is 6.33. The van der Waals surface area contributed by atoms with Crippen molar-refractivity contribution >= 4 is 117 Å². The van der Waals surface area contributed by atoms with Crippen LogP contribution in [0, 0.1) is 0 Å². The van der Waals surface area contributed by atoms with Crippen molar-refractivity contribution in [3.8, 4) is 46.5 Å². The van der Waals surface area contributed by atoms with Crippen molar-refractivity contribution in [2.75, 3.05) is 86.0 Å². The van der Waals surface area contributed by atoms with Crippen LogP contribution in [0.4, 0.5) is 40.9 Å². The second kappa shape index (κ2) is 44.9. The molecule has 9 aromatic rings. The van der Waals surface area contributed by atoms with E-state index in [1.54, 1.807) is 73.7 Å². The molecule has 30 nitrogen and oxygen atoms in total. The number of aromatic hydroxyl groups is 4. The first-order chi connectivity index (χ1) is 48.9. The first kappa shape index (κ1) is 83.4. The molecule has 0 aliphatic carbocycles. The fourth-order valence-electron chi connectivity index (χ4n) is 7.31. The number of allylic oxidation sites excluding steroid dienone is 1. The highest BCUT2D eigenvalue weighted by Gasteiger charge is 2.18. The molecule has 542 valence electrons. The van der Waals surface area contributed by atoms with Gasteiger partial charge in [0.05, 0.1) is 27.4 Å². The number of nitrogens with zero attached hydrogens (tertiary/aromatic N) is 9. The van der Waals surface area contributed by atoms with Gasteiger partial charge in [0.2, 0.25) is 39.6 Å². The van der Waals surface area contributed by atoms with Gasteiger partial charge in [0.15, 0.2) is 0 Å². The number of aliphatic hydroxyl groups is 1. The number of aromatic nitrogens is 9. The average molecular weight is 1510 g/mol. The van der Waals surface area contributed by atoms with Crippen LogP contribution < -0.4 is 51.7 Å². The second-order valence-electron chi connectivity index (χ2n) is 19.8. The standard InChI is InChI=1S/C23H23N5O5.C20H21N5O5.C8H9NO3.C7H9NO.C4H6Cl2.C3Cl3N3.C2H6O/c1-3-31-23-27-21-24-11-15-4-7-17(8-5-15)32-12-14(2)13-33-19-10-16(25-22(26-21)28-23)6-9-18(19)20(29)30;1-3-30-20-24-18(21-11-12-4-7-14(26)8-5-12)23-19(25-20)22-13-6-9-15(16(27)10-13)17(28)29-2;1-12-8(11)6-3-2-5(9)4-7(6)10;8-5-6-1-3-7(9)4-2-6;1-4(2-5)3-6;4-1-7-2(5)9-3(6)8-1;1-2-3/h4-10H,2-3,11-13H2,1H3,(H,29,30)(H2,24,25,26,27,28);4-10,26-27H,3,11H2,1-2H3,(H2,21,22,23,24,25);2-4,10H,9H2,1H3;1-4,9H,5,8H2;1-3H2;;3H,2H2,1H3. The summed E-state index contributed by atoms with van der Waals surface area (Å²) in [6.07, 6.45) is 0. The van der Waals surface area contributed by atoms with E-state index >= 15 is 0 Å². The molecule has 3 aromatic heterocycles. The Morgan fingerprint density at radius 1 is 0.618 bits per heavy atom. The summed E-state index contributed by atoms with van der Waals surface area (Å²) in [6, 6.07) is 34.7. The molecule has 102 heavy (non-hydrogen) atoms.